The third-order valence-electron chi connectivity index (χ3n) is 4.19. The molecule has 0 radical (unpaired) electrons. The van der Waals surface area contributed by atoms with Gasteiger partial charge in [0.05, 0.1) is 0 Å². The molecule has 1 atom stereocenters. The highest BCUT2D eigenvalue weighted by Crippen LogP contribution is 2.38. The van der Waals surface area contributed by atoms with Crippen LogP contribution in [0.4, 0.5) is 0 Å². The van der Waals surface area contributed by atoms with Crippen LogP contribution in [0, 0.1) is 15.5 Å². The van der Waals surface area contributed by atoms with Crippen molar-refractivity contribution in [3.8, 4) is 17.2 Å². The summed E-state index contributed by atoms with van der Waals surface area (Å²) in [6.45, 7) is 5.27. The molecule has 1 amide bonds. The van der Waals surface area contributed by atoms with Crippen LogP contribution in [0.15, 0.2) is 18.2 Å². The molecule has 1 unspecified atom stereocenters. The number of carbonyl (C=O) groups excluding carboxylic acids is 1. The van der Waals surface area contributed by atoms with Gasteiger partial charge >= 0.3 is 0 Å². The van der Waals surface area contributed by atoms with E-state index in [9.17, 15) is 20.0 Å². The minimum Gasteiger partial charge on any atom is -0.487 e. The summed E-state index contributed by atoms with van der Waals surface area (Å²) < 4.78 is 16.7. The van der Waals surface area contributed by atoms with Gasteiger partial charge in [-0.1, -0.05) is 19.9 Å². The number of hydrogen-bond donors (Lipinski definition) is 3. The molecule has 1 aromatic carbocycles. The van der Waals surface area contributed by atoms with Crippen molar-refractivity contribution >= 4 is 5.91 Å². The van der Waals surface area contributed by atoms with Crippen LogP contribution in [0.25, 0.3) is 0 Å². The molecule has 30 heavy (non-hydrogen) atoms. The number of aliphatic hydroxyl groups excluding tert-OH is 1. The number of nitrogens with one attached hydrogen (secondary N) is 2. The van der Waals surface area contributed by atoms with E-state index in [1.165, 1.54) is 0 Å². The van der Waals surface area contributed by atoms with Crippen molar-refractivity contribution in [1.82, 2.24) is 10.6 Å². The molecule has 0 saturated carbocycles. The first-order chi connectivity index (χ1) is 14.3. The first kappa shape index (κ1) is 23.5. The van der Waals surface area contributed by atoms with E-state index in [2.05, 4.69) is 15.5 Å². The number of fused-ring (bicyclic) bond motifs is 1. The second-order valence-electron chi connectivity index (χ2n) is 7.64. The largest absolute Gasteiger partial charge is 0.487 e. The molecule has 2 rings (SSSR count). The summed E-state index contributed by atoms with van der Waals surface area (Å²) in [5.74, 6) is 1.46. The third kappa shape index (κ3) is 8.29. The van der Waals surface area contributed by atoms with Crippen LogP contribution in [0.1, 0.15) is 20.3 Å². The summed E-state index contributed by atoms with van der Waals surface area (Å²) in [6.07, 6.45) is -0.566. The smallest absolute Gasteiger partial charge is 0.294 e. The van der Waals surface area contributed by atoms with E-state index in [4.69, 9.17) is 14.2 Å². The number of para-hydroxylation sites is 1. The number of carbonyl (C=O) groups is 1. The normalized spacial score (nSPS) is 14.0. The van der Waals surface area contributed by atoms with E-state index in [0.717, 1.165) is 0 Å². The summed E-state index contributed by atoms with van der Waals surface area (Å²) >= 11 is 0. The fourth-order valence-corrected chi connectivity index (χ4v) is 2.58. The van der Waals surface area contributed by atoms with Gasteiger partial charge in [0, 0.05) is 31.5 Å². The monoisotopic (exact) mass is 427 g/mol. The fraction of sp³-hybridized carbons (Fsp3) is 0.632. The highest BCUT2D eigenvalue weighted by molar-refractivity contribution is 5.76. The summed E-state index contributed by atoms with van der Waals surface area (Å²) in [5.41, 5.74) is -0.560. The number of rotatable bonds is 13. The van der Waals surface area contributed by atoms with Crippen molar-refractivity contribution in [1.29, 1.82) is 0 Å². The lowest BCUT2D eigenvalue weighted by atomic mass is 9.95. The first-order valence-electron chi connectivity index (χ1n) is 9.71. The Morgan fingerprint density at radius 1 is 1.37 bits per heavy atom. The van der Waals surface area contributed by atoms with E-state index in [1.54, 1.807) is 32.0 Å². The number of nitrogens with zero attached hydrogens (tertiary/aromatic N) is 1. The fourth-order valence-electron chi connectivity index (χ4n) is 2.58. The van der Waals surface area contributed by atoms with Gasteiger partial charge in [-0.25, -0.2) is 0 Å². The maximum Gasteiger partial charge on any atom is 0.294 e. The highest BCUT2D eigenvalue weighted by Gasteiger charge is 2.21. The SMILES string of the molecule is CC(C)(CNC(=O)CCNCC(O)COc1cccc2c1OCCO2)CO[N+](=O)[O-]. The van der Waals surface area contributed by atoms with Gasteiger partial charge in [0.15, 0.2) is 11.5 Å². The number of aliphatic hydroxyl groups is 1. The molecule has 0 bridgehead atoms. The van der Waals surface area contributed by atoms with Crippen molar-refractivity contribution in [3.05, 3.63) is 28.3 Å². The first-order valence-corrected chi connectivity index (χ1v) is 9.71. The Labute approximate surface area is 174 Å². The van der Waals surface area contributed by atoms with Crippen molar-refractivity contribution < 1.29 is 34.0 Å². The van der Waals surface area contributed by atoms with E-state index in [-0.39, 0.29) is 38.6 Å². The van der Waals surface area contributed by atoms with Crippen LogP contribution in [0.2, 0.25) is 0 Å². The Morgan fingerprint density at radius 3 is 2.90 bits per heavy atom. The molecule has 0 saturated heterocycles. The molecule has 1 heterocycles. The molecular weight excluding hydrogens is 398 g/mol. The van der Waals surface area contributed by atoms with E-state index in [0.29, 0.717) is 37.0 Å². The van der Waals surface area contributed by atoms with Gasteiger partial charge in [-0.2, -0.15) is 0 Å². The van der Waals surface area contributed by atoms with Gasteiger partial charge in [-0.05, 0) is 12.1 Å². The molecule has 11 nitrogen and oxygen atoms in total. The van der Waals surface area contributed by atoms with Gasteiger partial charge in [-0.15, -0.1) is 10.1 Å². The van der Waals surface area contributed by atoms with Gasteiger partial charge < -0.3 is 34.8 Å². The molecule has 0 aliphatic carbocycles. The molecule has 168 valence electrons. The van der Waals surface area contributed by atoms with Crippen LogP contribution in [-0.4, -0.2) is 68.3 Å². The summed E-state index contributed by atoms with van der Waals surface area (Å²) in [6, 6.07) is 5.33. The van der Waals surface area contributed by atoms with Crippen LogP contribution in [0.5, 0.6) is 17.2 Å². The molecule has 0 fully saturated rings. The van der Waals surface area contributed by atoms with Crippen molar-refractivity contribution in [2.75, 3.05) is 46.1 Å². The predicted molar refractivity (Wildman–Crippen MR) is 106 cm³/mol. The summed E-state index contributed by atoms with van der Waals surface area (Å²) in [7, 11) is 0. The van der Waals surface area contributed by atoms with Crippen molar-refractivity contribution in [2.45, 2.75) is 26.4 Å². The quantitative estimate of drug-likeness (QED) is 0.233. The number of amides is 1. The standard InChI is InChI=1S/C19H29N3O8/c1-19(2,13-30-22(25)26)12-21-17(24)6-7-20-10-14(23)11-29-16-5-3-4-15-18(16)28-9-8-27-15/h3-5,14,20,23H,6-13H2,1-2H3,(H,21,24). The minimum atomic E-state index is -0.851. The zero-order valence-corrected chi connectivity index (χ0v) is 17.2. The van der Waals surface area contributed by atoms with Crippen LogP contribution in [0.3, 0.4) is 0 Å². The lowest BCUT2D eigenvalue weighted by Crippen LogP contribution is -2.39. The Morgan fingerprint density at radius 2 is 2.13 bits per heavy atom. The third-order valence-corrected chi connectivity index (χ3v) is 4.19. The molecule has 1 aliphatic rings. The maximum atomic E-state index is 11.9. The Hall–Kier alpha value is -2.79. The van der Waals surface area contributed by atoms with Gasteiger partial charge in [0.2, 0.25) is 11.7 Å². The van der Waals surface area contributed by atoms with E-state index >= 15 is 0 Å². The average molecular weight is 427 g/mol. The van der Waals surface area contributed by atoms with Crippen LogP contribution < -0.4 is 24.8 Å². The highest BCUT2D eigenvalue weighted by atomic mass is 16.9. The molecule has 0 aromatic heterocycles. The van der Waals surface area contributed by atoms with E-state index in [1.807, 2.05) is 0 Å². The van der Waals surface area contributed by atoms with Crippen LogP contribution >= 0.6 is 0 Å². The lowest BCUT2D eigenvalue weighted by molar-refractivity contribution is -0.760. The molecule has 11 heteroatoms. The second kappa shape index (κ2) is 11.4. The Balaban J connectivity index is 1.59. The van der Waals surface area contributed by atoms with Gasteiger partial charge in [-0.3, -0.25) is 4.79 Å². The van der Waals surface area contributed by atoms with Crippen LogP contribution in [-0.2, 0) is 9.63 Å². The molecule has 0 spiro atoms. The summed E-state index contributed by atoms with van der Waals surface area (Å²) in [4.78, 5) is 26.5. The zero-order valence-electron chi connectivity index (χ0n) is 17.2. The molecule has 1 aromatic rings. The number of hydrogen-bond acceptors (Lipinski definition) is 9. The van der Waals surface area contributed by atoms with Gasteiger partial charge in [0.25, 0.3) is 5.09 Å². The molecule has 1 aliphatic heterocycles. The van der Waals surface area contributed by atoms with E-state index < -0.39 is 16.6 Å². The number of benzene rings is 1. The molecular formula is C19H29N3O8. The Bertz CT molecular complexity index is 713. The maximum absolute atomic E-state index is 11.9. The Kier molecular flexibility index (Phi) is 8.93. The summed E-state index contributed by atoms with van der Waals surface area (Å²) in [5, 5.41) is 25.2. The topological polar surface area (TPSA) is 141 Å². The minimum absolute atomic E-state index is 0.0592. The zero-order chi connectivity index (χ0) is 22.0. The average Bonchev–Trinajstić information content (AvgIpc) is 2.72. The van der Waals surface area contributed by atoms with Gasteiger partial charge in [0.1, 0.15) is 32.5 Å². The number of ether oxygens (including phenoxy) is 3. The van der Waals surface area contributed by atoms with Crippen molar-refractivity contribution in [3.63, 3.8) is 0 Å². The predicted octanol–water partition coefficient (Wildman–Crippen LogP) is 0.528. The lowest BCUT2D eigenvalue weighted by Gasteiger charge is -2.23. The molecule has 3 N–H and O–H groups in total. The second-order valence-corrected chi connectivity index (χ2v) is 7.64. The van der Waals surface area contributed by atoms with Crippen molar-refractivity contribution in [2.24, 2.45) is 5.41 Å².